The lowest BCUT2D eigenvalue weighted by atomic mass is 10.3. The van der Waals surface area contributed by atoms with E-state index in [1.807, 2.05) is 12.3 Å². The minimum Gasteiger partial charge on any atom is -0.392 e. The Labute approximate surface area is 107 Å². The molecule has 17 heavy (non-hydrogen) atoms. The van der Waals surface area contributed by atoms with E-state index in [9.17, 15) is 9.90 Å². The highest BCUT2D eigenvalue weighted by Gasteiger charge is 2.10. The molecule has 2 unspecified atom stereocenters. The normalized spacial score (nSPS) is 15.0. The van der Waals surface area contributed by atoms with Gasteiger partial charge in [0.05, 0.1) is 11.8 Å². The fourth-order valence-electron chi connectivity index (χ4n) is 1.32. The number of nitrogens with zero attached hydrogens (tertiary/aromatic N) is 2. The van der Waals surface area contributed by atoms with Crippen LogP contribution in [0.25, 0.3) is 4.96 Å². The summed E-state index contributed by atoms with van der Waals surface area (Å²) in [6, 6.07) is 1.56. The monoisotopic (exact) mass is 270 g/mol. The Morgan fingerprint density at radius 1 is 1.59 bits per heavy atom. The third kappa shape index (κ3) is 2.88. The molecule has 2 heterocycles. The Balaban J connectivity index is 2.16. The van der Waals surface area contributed by atoms with E-state index in [-0.39, 0.29) is 16.9 Å². The van der Waals surface area contributed by atoms with Crippen molar-refractivity contribution >= 4 is 28.1 Å². The number of thioether (sulfide) groups is 1. The van der Waals surface area contributed by atoms with Gasteiger partial charge in [-0.25, -0.2) is 4.98 Å². The summed E-state index contributed by atoms with van der Waals surface area (Å²) in [6.45, 7) is 3.73. The molecule has 2 rings (SSSR count). The third-order valence-electron chi connectivity index (χ3n) is 2.53. The van der Waals surface area contributed by atoms with Gasteiger partial charge in [0.2, 0.25) is 0 Å². The van der Waals surface area contributed by atoms with Crippen LogP contribution in [0.15, 0.2) is 22.4 Å². The zero-order valence-electron chi connectivity index (χ0n) is 9.66. The molecule has 0 saturated carbocycles. The molecule has 92 valence electrons. The van der Waals surface area contributed by atoms with Crippen LogP contribution in [0, 0.1) is 0 Å². The summed E-state index contributed by atoms with van der Waals surface area (Å²) in [4.78, 5) is 16.8. The van der Waals surface area contributed by atoms with Gasteiger partial charge >= 0.3 is 0 Å². The van der Waals surface area contributed by atoms with Gasteiger partial charge in [-0.15, -0.1) is 23.1 Å². The molecule has 0 saturated heterocycles. The third-order valence-corrected chi connectivity index (χ3v) is 4.67. The van der Waals surface area contributed by atoms with Gasteiger partial charge in [0.25, 0.3) is 5.56 Å². The van der Waals surface area contributed by atoms with Gasteiger partial charge in [-0.05, 0) is 6.92 Å². The Bertz CT molecular complexity index is 562. The molecule has 0 fully saturated rings. The summed E-state index contributed by atoms with van der Waals surface area (Å²) in [5, 5.41) is 11.4. The highest BCUT2D eigenvalue weighted by Crippen LogP contribution is 2.19. The molecule has 0 aliphatic rings. The summed E-state index contributed by atoms with van der Waals surface area (Å²) in [6.07, 6.45) is 1.37. The highest BCUT2D eigenvalue weighted by molar-refractivity contribution is 7.99. The van der Waals surface area contributed by atoms with Gasteiger partial charge in [-0.3, -0.25) is 9.20 Å². The van der Waals surface area contributed by atoms with Crippen LogP contribution in [0.4, 0.5) is 0 Å². The van der Waals surface area contributed by atoms with Crippen molar-refractivity contribution in [3.8, 4) is 0 Å². The Morgan fingerprint density at radius 2 is 2.35 bits per heavy atom. The van der Waals surface area contributed by atoms with Crippen LogP contribution in [0.2, 0.25) is 0 Å². The predicted molar refractivity (Wildman–Crippen MR) is 71.8 cm³/mol. The molecule has 0 bridgehead atoms. The quantitative estimate of drug-likeness (QED) is 0.920. The smallest absolute Gasteiger partial charge is 0.258 e. The van der Waals surface area contributed by atoms with E-state index >= 15 is 0 Å². The fourth-order valence-corrected chi connectivity index (χ4v) is 2.92. The number of hydrogen-bond acceptors (Lipinski definition) is 5. The van der Waals surface area contributed by atoms with Crippen molar-refractivity contribution in [2.45, 2.75) is 31.0 Å². The van der Waals surface area contributed by atoms with Crippen LogP contribution >= 0.6 is 23.1 Å². The molecule has 0 aromatic carbocycles. The first-order valence-electron chi connectivity index (χ1n) is 5.33. The van der Waals surface area contributed by atoms with Crippen LogP contribution in [0.1, 0.15) is 19.5 Å². The lowest BCUT2D eigenvalue weighted by Crippen LogP contribution is -2.16. The molecule has 2 aromatic heterocycles. The van der Waals surface area contributed by atoms with Crippen LogP contribution in [0.5, 0.6) is 0 Å². The zero-order valence-corrected chi connectivity index (χ0v) is 11.3. The van der Waals surface area contributed by atoms with Gasteiger partial charge in [0, 0.05) is 28.6 Å². The molecule has 2 aromatic rings. The second-order valence-electron chi connectivity index (χ2n) is 3.90. The lowest BCUT2D eigenvalue weighted by molar-refractivity contribution is 0.196. The summed E-state index contributed by atoms with van der Waals surface area (Å²) in [7, 11) is 0. The van der Waals surface area contributed by atoms with Crippen LogP contribution in [-0.2, 0) is 5.75 Å². The van der Waals surface area contributed by atoms with Gasteiger partial charge in [0.15, 0.2) is 4.96 Å². The topological polar surface area (TPSA) is 54.6 Å². The summed E-state index contributed by atoms with van der Waals surface area (Å²) in [5.74, 6) is 0.649. The van der Waals surface area contributed by atoms with Crippen molar-refractivity contribution in [1.82, 2.24) is 9.38 Å². The van der Waals surface area contributed by atoms with Crippen molar-refractivity contribution in [1.29, 1.82) is 0 Å². The highest BCUT2D eigenvalue weighted by atomic mass is 32.2. The molecule has 0 radical (unpaired) electrons. The SMILES string of the molecule is CC(O)C(C)SCc1cc(=O)n2ccsc2n1. The zero-order chi connectivity index (χ0) is 12.4. The first-order chi connectivity index (χ1) is 8.08. The van der Waals surface area contributed by atoms with Crippen molar-refractivity contribution in [2.24, 2.45) is 0 Å². The molecule has 0 amide bonds. The Morgan fingerprint density at radius 3 is 3.06 bits per heavy atom. The summed E-state index contributed by atoms with van der Waals surface area (Å²) in [5.41, 5.74) is 0.728. The van der Waals surface area contributed by atoms with Crippen LogP contribution < -0.4 is 5.56 Å². The average molecular weight is 270 g/mol. The Hall–Kier alpha value is -0.850. The van der Waals surface area contributed by atoms with E-state index in [1.165, 1.54) is 15.7 Å². The first kappa shape index (κ1) is 12.6. The van der Waals surface area contributed by atoms with E-state index in [0.29, 0.717) is 5.75 Å². The van der Waals surface area contributed by atoms with E-state index in [4.69, 9.17) is 0 Å². The Kier molecular flexibility index (Phi) is 3.86. The first-order valence-corrected chi connectivity index (χ1v) is 7.26. The van der Waals surface area contributed by atoms with Gasteiger partial charge in [-0.1, -0.05) is 6.92 Å². The van der Waals surface area contributed by atoms with Crippen molar-refractivity contribution in [2.75, 3.05) is 0 Å². The number of aromatic nitrogens is 2. The molecule has 0 spiro atoms. The lowest BCUT2D eigenvalue weighted by Gasteiger charge is -2.13. The molecule has 6 heteroatoms. The molecule has 0 aliphatic heterocycles. The molecule has 0 aliphatic carbocycles. The summed E-state index contributed by atoms with van der Waals surface area (Å²) >= 11 is 3.05. The number of aliphatic hydroxyl groups is 1. The van der Waals surface area contributed by atoms with Gasteiger partial charge < -0.3 is 5.11 Å². The van der Waals surface area contributed by atoms with Crippen molar-refractivity contribution in [3.05, 3.63) is 33.7 Å². The maximum Gasteiger partial charge on any atom is 0.258 e. The summed E-state index contributed by atoms with van der Waals surface area (Å²) < 4.78 is 1.54. The fraction of sp³-hybridized carbons (Fsp3) is 0.455. The molecule has 2 atom stereocenters. The molecule has 4 nitrogen and oxygen atoms in total. The van der Waals surface area contributed by atoms with Crippen LogP contribution in [0.3, 0.4) is 0 Å². The standard InChI is InChI=1S/C11H14N2O2S2/c1-7(14)8(2)17-6-9-5-10(15)13-3-4-16-11(13)12-9/h3-5,7-8,14H,6H2,1-2H3. The molecular formula is C11H14N2O2S2. The number of aliphatic hydroxyl groups excluding tert-OH is 1. The van der Waals surface area contributed by atoms with E-state index in [0.717, 1.165) is 10.7 Å². The van der Waals surface area contributed by atoms with Gasteiger partial charge in [-0.2, -0.15) is 0 Å². The minimum absolute atomic E-state index is 0.0449. The minimum atomic E-state index is -0.355. The van der Waals surface area contributed by atoms with Crippen molar-refractivity contribution in [3.63, 3.8) is 0 Å². The maximum atomic E-state index is 11.7. The second-order valence-corrected chi connectivity index (χ2v) is 6.14. The van der Waals surface area contributed by atoms with E-state index in [1.54, 1.807) is 30.9 Å². The number of rotatable bonds is 4. The molecule has 1 N–H and O–H groups in total. The molecular weight excluding hydrogens is 256 g/mol. The number of fused-ring (bicyclic) bond motifs is 1. The average Bonchev–Trinajstić information content (AvgIpc) is 2.74. The van der Waals surface area contributed by atoms with E-state index < -0.39 is 0 Å². The predicted octanol–water partition coefficient (Wildman–Crippen LogP) is 1.76. The number of thiazole rings is 1. The maximum absolute atomic E-state index is 11.7. The second kappa shape index (κ2) is 5.20. The van der Waals surface area contributed by atoms with Crippen LogP contribution in [-0.4, -0.2) is 25.8 Å². The van der Waals surface area contributed by atoms with Crippen molar-refractivity contribution < 1.29 is 5.11 Å². The van der Waals surface area contributed by atoms with E-state index in [2.05, 4.69) is 4.98 Å². The van der Waals surface area contributed by atoms with Gasteiger partial charge in [0.1, 0.15) is 0 Å². The largest absolute Gasteiger partial charge is 0.392 e. The number of hydrogen-bond donors (Lipinski definition) is 1.